The summed E-state index contributed by atoms with van der Waals surface area (Å²) in [7, 11) is 1.59. The van der Waals surface area contributed by atoms with Crippen molar-refractivity contribution in [1.82, 2.24) is 9.88 Å². The number of aryl methyl sites for hydroxylation is 1. The number of hydrogen-bond donors (Lipinski definition) is 2. The van der Waals surface area contributed by atoms with Gasteiger partial charge >= 0.3 is 5.97 Å². The normalized spacial score (nSPS) is 9.89. The summed E-state index contributed by atoms with van der Waals surface area (Å²) in [6.45, 7) is 3.57. The molecular weight excluding hydrogens is 234 g/mol. The summed E-state index contributed by atoms with van der Waals surface area (Å²) in [6.07, 6.45) is 0.247. The third kappa shape index (κ3) is 2.51. The minimum atomic E-state index is -1.09. The van der Waals surface area contributed by atoms with Crippen molar-refractivity contribution in [2.45, 2.75) is 20.3 Å². The molecule has 0 atom stereocenters. The predicted molar refractivity (Wildman–Crippen MR) is 64.4 cm³/mol. The summed E-state index contributed by atoms with van der Waals surface area (Å²) in [4.78, 5) is 27.2. The average molecular weight is 249 g/mol. The van der Waals surface area contributed by atoms with Crippen LogP contribution < -0.4 is 0 Å². The lowest BCUT2D eigenvalue weighted by molar-refractivity contribution is 0.0690. The molecule has 0 saturated heterocycles. The molecule has 96 valence electrons. The zero-order valence-corrected chi connectivity index (χ0v) is 10.6. The molecule has 1 amide bonds. The minimum Gasteiger partial charge on any atom is -0.477 e. The number of carboxylic acids is 1. The highest BCUT2D eigenvalue weighted by atomic mass is 16.4. The number of carboxylic acid groups (broad SMARTS) is 1. The van der Waals surface area contributed by atoms with E-state index in [0.29, 0.717) is 23.4 Å². The Hall–Kier alpha value is -2.29. The van der Waals surface area contributed by atoms with Crippen LogP contribution in [0.2, 0.25) is 0 Å². The number of carbonyl (C=O) groups is 2. The summed E-state index contributed by atoms with van der Waals surface area (Å²) >= 11 is 0. The molecule has 1 rings (SSSR count). The van der Waals surface area contributed by atoms with Crippen LogP contribution in [-0.2, 0) is 0 Å². The second-order valence-corrected chi connectivity index (χ2v) is 4.06. The lowest BCUT2D eigenvalue weighted by Gasteiger charge is -2.15. The van der Waals surface area contributed by atoms with E-state index in [2.05, 4.69) is 4.98 Å². The van der Waals surface area contributed by atoms with E-state index < -0.39 is 5.97 Å². The summed E-state index contributed by atoms with van der Waals surface area (Å²) in [6, 6.07) is 1.96. The first-order valence-corrected chi connectivity index (χ1v) is 5.45. The van der Waals surface area contributed by atoms with Crippen LogP contribution in [0.4, 0.5) is 0 Å². The first-order valence-electron chi connectivity index (χ1n) is 5.45. The number of H-pyrrole nitrogens is 1. The van der Waals surface area contributed by atoms with Crippen LogP contribution >= 0.6 is 0 Å². The first kappa shape index (κ1) is 13.8. The molecule has 6 nitrogen and oxygen atoms in total. The molecule has 0 spiro atoms. The minimum absolute atomic E-state index is 0.0320. The molecule has 1 aromatic rings. The maximum Gasteiger partial charge on any atom is 0.352 e. The third-order valence-corrected chi connectivity index (χ3v) is 2.77. The Balaban J connectivity index is 3.07. The molecule has 0 aromatic carbocycles. The van der Waals surface area contributed by atoms with E-state index in [-0.39, 0.29) is 18.0 Å². The topological polar surface area (TPSA) is 97.2 Å². The SMILES string of the molecule is Cc1[nH]c(C(=O)O)c(C)c1C(=O)N(C)CCC#N. The van der Waals surface area contributed by atoms with Crippen LogP contribution in [-0.4, -0.2) is 40.5 Å². The molecule has 0 radical (unpaired) electrons. The molecule has 0 unspecified atom stereocenters. The number of nitrogens with one attached hydrogen (secondary N) is 1. The van der Waals surface area contributed by atoms with Gasteiger partial charge in [0.25, 0.3) is 5.91 Å². The van der Waals surface area contributed by atoms with Gasteiger partial charge < -0.3 is 15.0 Å². The third-order valence-electron chi connectivity index (χ3n) is 2.77. The van der Waals surface area contributed by atoms with Crippen molar-refractivity contribution in [2.75, 3.05) is 13.6 Å². The quantitative estimate of drug-likeness (QED) is 0.840. The molecule has 0 bridgehead atoms. The number of nitriles is 1. The number of carbonyl (C=O) groups excluding carboxylic acids is 1. The van der Waals surface area contributed by atoms with Crippen LogP contribution in [0, 0.1) is 25.2 Å². The molecule has 0 aliphatic heterocycles. The number of amides is 1. The van der Waals surface area contributed by atoms with Gasteiger partial charge in [0.1, 0.15) is 5.69 Å². The average Bonchev–Trinajstić information content (AvgIpc) is 2.61. The Labute approximate surface area is 105 Å². The Bertz CT molecular complexity index is 525. The van der Waals surface area contributed by atoms with Crippen molar-refractivity contribution >= 4 is 11.9 Å². The monoisotopic (exact) mass is 249 g/mol. The second-order valence-electron chi connectivity index (χ2n) is 4.06. The second kappa shape index (κ2) is 5.36. The van der Waals surface area contributed by atoms with Crippen molar-refractivity contribution in [3.05, 3.63) is 22.5 Å². The summed E-state index contributed by atoms with van der Waals surface area (Å²) in [5.41, 5.74) is 1.35. The molecule has 2 N–H and O–H groups in total. The summed E-state index contributed by atoms with van der Waals surface area (Å²) in [5, 5.41) is 17.4. The van der Waals surface area contributed by atoms with Gasteiger partial charge in [0.15, 0.2) is 0 Å². The predicted octanol–water partition coefficient (Wildman–Crippen LogP) is 1.32. The number of aromatic amines is 1. The molecule has 1 aromatic heterocycles. The van der Waals surface area contributed by atoms with Crippen molar-refractivity contribution in [2.24, 2.45) is 0 Å². The molecule has 0 fully saturated rings. The fourth-order valence-electron chi connectivity index (χ4n) is 1.79. The van der Waals surface area contributed by atoms with Crippen LogP contribution in [0.3, 0.4) is 0 Å². The number of aromatic nitrogens is 1. The van der Waals surface area contributed by atoms with E-state index in [1.54, 1.807) is 20.9 Å². The van der Waals surface area contributed by atoms with Gasteiger partial charge in [-0.3, -0.25) is 4.79 Å². The fourth-order valence-corrected chi connectivity index (χ4v) is 1.79. The standard InChI is InChI=1S/C12H15N3O3/c1-7-9(8(2)14-10(7)12(17)18)11(16)15(3)6-4-5-13/h14H,4,6H2,1-3H3,(H,17,18). The van der Waals surface area contributed by atoms with Crippen LogP contribution in [0.1, 0.15) is 38.5 Å². The Kier molecular flexibility index (Phi) is 4.10. The van der Waals surface area contributed by atoms with Crippen molar-refractivity contribution in [1.29, 1.82) is 5.26 Å². The Morgan fingerprint density at radius 3 is 2.50 bits per heavy atom. The van der Waals surface area contributed by atoms with Gasteiger partial charge in [-0.05, 0) is 19.4 Å². The van der Waals surface area contributed by atoms with Crippen molar-refractivity contribution in [3.63, 3.8) is 0 Å². The molecular formula is C12H15N3O3. The van der Waals surface area contributed by atoms with Crippen molar-refractivity contribution < 1.29 is 14.7 Å². The number of nitrogens with zero attached hydrogens (tertiary/aromatic N) is 2. The lowest BCUT2D eigenvalue weighted by Crippen LogP contribution is -2.28. The fraction of sp³-hybridized carbons (Fsp3) is 0.417. The zero-order chi connectivity index (χ0) is 13.9. The Morgan fingerprint density at radius 1 is 1.44 bits per heavy atom. The Morgan fingerprint density at radius 2 is 2.06 bits per heavy atom. The van der Waals surface area contributed by atoms with Crippen LogP contribution in [0.25, 0.3) is 0 Å². The molecule has 0 aliphatic rings. The maximum atomic E-state index is 12.1. The molecule has 18 heavy (non-hydrogen) atoms. The van der Waals surface area contributed by atoms with Gasteiger partial charge in [-0.2, -0.15) is 5.26 Å². The van der Waals surface area contributed by atoms with Gasteiger partial charge in [-0.15, -0.1) is 0 Å². The van der Waals surface area contributed by atoms with E-state index in [1.807, 2.05) is 6.07 Å². The van der Waals surface area contributed by atoms with E-state index in [0.717, 1.165) is 0 Å². The number of hydrogen-bond acceptors (Lipinski definition) is 3. The highest BCUT2D eigenvalue weighted by Crippen LogP contribution is 2.19. The molecule has 1 heterocycles. The van der Waals surface area contributed by atoms with Gasteiger partial charge in [0.05, 0.1) is 18.1 Å². The molecule has 0 saturated carbocycles. The number of aromatic carboxylic acids is 1. The number of rotatable bonds is 4. The van der Waals surface area contributed by atoms with Gasteiger partial charge in [0.2, 0.25) is 0 Å². The summed E-state index contributed by atoms with van der Waals surface area (Å²) in [5.74, 6) is -1.36. The van der Waals surface area contributed by atoms with E-state index in [4.69, 9.17) is 10.4 Å². The van der Waals surface area contributed by atoms with E-state index in [1.165, 1.54) is 4.90 Å². The van der Waals surface area contributed by atoms with Crippen LogP contribution in [0.5, 0.6) is 0 Å². The van der Waals surface area contributed by atoms with E-state index >= 15 is 0 Å². The largest absolute Gasteiger partial charge is 0.477 e. The van der Waals surface area contributed by atoms with E-state index in [9.17, 15) is 9.59 Å². The highest BCUT2D eigenvalue weighted by Gasteiger charge is 2.23. The van der Waals surface area contributed by atoms with Gasteiger partial charge in [-0.1, -0.05) is 0 Å². The molecule has 0 aliphatic carbocycles. The smallest absolute Gasteiger partial charge is 0.352 e. The summed E-state index contributed by atoms with van der Waals surface area (Å²) < 4.78 is 0. The van der Waals surface area contributed by atoms with Gasteiger partial charge in [-0.25, -0.2) is 4.79 Å². The van der Waals surface area contributed by atoms with Crippen molar-refractivity contribution in [3.8, 4) is 6.07 Å². The maximum absolute atomic E-state index is 12.1. The van der Waals surface area contributed by atoms with Gasteiger partial charge in [0, 0.05) is 19.3 Å². The zero-order valence-electron chi connectivity index (χ0n) is 10.6. The molecule has 6 heteroatoms. The van der Waals surface area contributed by atoms with Crippen LogP contribution in [0.15, 0.2) is 0 Å². The lowest BCUT2D eigenvalue weighted by atomic mass is 10.1. The highest BCUT2D eigenvalue weighted by molar-refractivity contribution is 6.00. The first-order chi connectivity index (χ1) is 8.40.